The summed E-state index contributed by atoms with van der Waals surface area (Å²) in [7, 11) is 0. The zero-order valence-electron chi connectivity index (χ0n) is 19.4. The Morgan fingerprint density at radius 2 is 0.917 bits per heavy atom. The number of nitrogens with zero attached hydrogens (tertiary/aromatic N) is 2. The number of aromatic nitrogens is 2. The zero-order valence-corrected chi connectivity index (χ0v) is 19.4. The molecule has 0 unspecified atom stereocenters. The molecule has 0 fully saturated rings. The van der Waals surface area contributed by atoms with Crippen molar-refractivity contribution in [3.05, 3.63) is 121 Å². The molecule has 0 N–H and O–H groups in total. The van der Waals surface area contributed by atoms with Crippen LogP contribution in [-0.2, 0) is 0 Å². The molecule has 6 aromatic carbocycles. The molecule has 0 bridgehead atoms. The number of fused-ring (bicyclic) bond motifs is 10. The molecule has 3 heterocycles. The van der Waals surface area contributed by atoms with Gasteiger partial charge in [-0.05, 0) is 29.7 Å². The number of hydrogen-bond donors (Lipinski definition) is 0. The van der Waals surface area contributed by atoms with E-state index < -0.39 is 0 Å². The molecule has 0 saturated carbocycles. The van der Waals surface area contributed by atoms with Gasteiger partial charge in [-0.25, -0.2) is 0 Å². The van der Waals surface area contributed by atoms with Crippen LogP contribution in [0.3, 0.4) is 0 Å². The Bertz CT molecular complexity index is 2260. The van der Waals surface area contributed by atoms with E-state index in [1.54, 1.807) is 0 Å². The van der Waals surface area contributed by atoms with E-state index in [-0.39, 0.29) is 0 Å². The highest BCUT2D eigenvalue weighted by Crippen LogP contribution is 2.45. The van der Waals surface area contributed by atoms with E-state index in [9.17, 15) is 0 Å². The van der Waals surface area contributed by atoms with Crippen molar-refractivity contribution in [1.82, 2.24) is 8.97 Å². The Labute approximate surface area is 206 Å². The molecule has 0 aliphatic carbocycles. The molecule has 0 aliphatic rings. The Hall–Kier alpha value is -4.82. The van der Waals surface area contributed by atoms with Gasteiger partial charge in [0.25, 0.3) is 0 Å². The second kappa shape index (κ2) is 6.44. The Morgan fingerprint density at radius 3 is 1.64 bits per heavy atom. The van der Waals surface area contributed by atoms with E-state index in [1.165, 1.54) is 76.4 Å². The molecule has 2 heteroatoms. The van der Waals surface area contributed by atoms with Crippen LogP contribution in [0.15, 0.2) is 121 Å². The summed E-state index contributed by atoms with van der Waals surface area (Å²) < 4.78 is 4.98. The second-order valence-electron chi connectivity index (χ2n) is 9.76. The van der Waals surface area contributed by atoms with Gasteiger partial charge in [0.1, 0.15) is 0 Å². The van der Waals surface area contributed by atoms with Gasteiger partial charge in [0.05, 0.1) is 33.3 Å². The normalized spacial score (nSPS) is 12.4. The van der Waals surface area contributed by atoms with Gasteiger partial charge in [-0.2, -0.15) is 0 Å². The molecule has 166 valence electrons. The van der Waals surface area contributed by atoms with Crippen LogP contribution in [0, 0.1) is 0 Å². The molecule has 0 radical (unpaired) electrons. The summed E-state index contributed by atoms with van der Waals surface area (Å²) in [5, 5.41) is 10.4. The molecule has 0 amide bonds. The Morgan fingerprint density at radius 1 is 0.389 bits per heavy atom. The molecule has 3 aromatic heterocycles. The smallest absolute Gasteiger partial charge is 0.0640 e. The molecule has 0 aliphatic heterocycles. The SMILES string of the molecule is c1ccc2c(-n3c4ccccc4c4ccccc43)c3c4cccc5c6ccccc6n(c3cc2c1)c54. The minimum atomic E-state index is 1.24. The summed E-state index contributed by atoms with van der Waals surface area (Å²) in [6.07, 6.45) is 0. The lowest BCUT2D eigenvalue weighted by atomic mass is 10.0. The lowest BCUT2D eigenvalue weighted by Crippen LogP contribution is -1.97. The van der Waals surface area contributed by atoms with Crippen molar-refractivity contribution in [3.63, 3.8) is 0 Å². The molecule has 0 atom stereocenters. The van der Waals surface area contributed by atoms with Crippen molar-refractivity contribution >= 4 is 70.7 Å². The first-order valence-corrected chi connectivity index (χ1v) is 12.5. The summed E-state index contributed by atoms with van der Waals surface area (Å²) in [4.78, 5) is 0. The number of rotatable bonds is 1. The third kappa shape index (κ3) is 2.09. The van der Waals surface area contributed by atoms with Gasteiger partial charge < -0.3 is 8.97 Å². The lowest BCUT2D eigenvalue weighted by Gasteiger charge is -2.14. The Kier molecular flexibility index (Phi) is 3.31. The highest BCUT2D eigenvalue weighted by Gasteiger charge is 2.23. The number of benzene rings is 6. The fraction of sp³-hybridized carbons (Fsp3) is 0. The summed E-state index contributed by atoms with van der Waals surface area (Å²) in [5.41, 5.74) is 7.59. The average molecular weight is 457 g/mol. The molecule has 9 aromatic rings. The largest absolute Gasteiger partial charge is 0.308 e. The van der Waals surface area contributed by atoms with Crippen molar-refractivity contribution in [2.45, 2.75) is 0 Å². The minimum absolute atomic E-state index is 1.24. The van der Waals surface area contributed by atoms with E-state index in [0.717, 1.165) is 0 Å². The monoisotopic (exact) mass is 456 g/mol. The van der Waals surface area contributed by atoms with Crippen LogP contribution in [0.25, 0.3) is 76.4 Å². The van der Waals surface area contributed by atoms with Gasteiger partial charge in [-0.3, -0.25) is 0 Å². The molecule has 0 saturated heterocycles. The molecular formula is C34H20N2. The van der Waals surface area contributed by atoms with Crippen molar-refractivity contribution in [2.24, 2.45) is 0 Å². The number of para-hydroxylation sites is 4. The maximum Gasteiger partial charge on any atom is 0.0640 e. The van der Waals surface area contributed by atoms with Gasteiger partial charge in [-0.15, -0.1) is 0 Å². The summed E-state index contributed by atoms with van der Waals surface area (Å²) in [6, 6.07) is 44.4. The van der Waals surface area contributed by atoms with Crippen LogP contribution in [0.2, 0.25) is 0 Å². The van der Waals surface area contributed by atoms with Crippen LogP contribution in [0.4, 0.5) is 0 Å². The standard InChI is InChI=1S/C34H20N2/c1-2-11-22-21(10-1)20-31-32(27-16-9-15-26-25-14-5-8-19-30(25)36(31)33(26)27)34(22)35-28-17-6-3-12-23(28)24-13-4-7-18-29(24)35/h1-20H. The minimum Gasteiger partial charge on any atom is -0.308 e. The van der Waals surface area contributed by atoms with Crippen LogP contribution >= 0.6 is 0 Å². The molecule has 2 nitrogen and oxygen atoms in total. The van der Waals surface area contributed by atoms with Crippen LogP contribution in [0.5, 0.6) is 0 Å². The first kappa shape index (κ1) is 18.5. The molecular weight excluding hydrogens is 436 g/mol. The number of hydrogen-bond acceptors (Lipinski definition) is 0. The average Bonchev–Trinajstić information content (AvgIpc) is 3.57. The van der Waals surface area contributed by atoms with E-state index in [2.05, 4.69) is 130 Å². The van der Waals surface area contributed by atoms with Gasteiger partial charge in [-0.1, -0.05) is 97.1 Å². The van der Waals surface area contributed by atoms with Gasteiger partial charge in [0, 0.05) is 37.7 Å². The Balaban J connectivity index is 1.64. The quantitative estimate of drug-likeness (QED) is 0.233. The molecule has 0 spiro atoms. The maximum atomic E-state index is 2.50. The topological polar surface area (TPSA) is 9.34 Å². The summed E-state index contributed by atoms with van der Waals surface area (Å²) in [5.74, 6) is 0. The first-order valence-electron chi connectivity index (χ1n) is 12.5. The van der Waals surface area contributed by atoms with E-state index in [4.69, 9.17) is 0 Å². The fourth-order valence-electron chi connectivity index (χ4n) is 6.62. The van der Waals surface area contributed by atoms with E-state index in [1.807, 2.05) is 0 Å². The van der Waals surface area contributed by atoms with Crippen molar-refractivity contribution in [1.29, 1.82) is 0 Å². The predicted octanol–water partition coefficient (Wildman–Crippen LogP) is 9.09. The maximum absolute atomic E-state index is 2.50. The van der Waals surface area contributed by atoms with E-state index >= 15 is 0 Å². The van der Waals surface area contributed by atoms with Gasteiger partial charge in [0.2, 0.25) is 0 Å². The van der Waals surface area contributed by atoms with Gasteiger partial charge in [0.15, 0.2) is 0 Å². The van der Waals surface area contributed by atoms with Crippen LogP contribution < -0.4 is 0 Å². The lowest BCUT2D eigenvalue weighted by molar-refractivity contribution is 1.21. The van der Waals surface area contributed by atoms with Crippen molar-refractivity contribution in [3.8, 4) is 5.69 Å². The molecule has 9 rings (SSSR count). The highest BCUT2D eigenvalue weighted by molar-refractivity contribution is 6.28. The summed E-state index contributed by atoms with van der Waals surface area (Å²) in [6.45, 7) is 0. The van der Waals surface area contributed by atoms with Crippen molar-refractivity contribution < 1.29 is 0 Å². The first-order chi connectivity index (χ1) is 17.9. The third-order valence-electron chi connectivity index (χ3n) is 8.01. The van der Waals surface area contributed by atoms with Crippen molar-refractivity contribution in [2.75, 3.05) is 0 Å². The molecule has 36 heavy (non-hydrogen) atoms. The predicted molar refractivity (Wildman–Crippen MR) is 153 cm³/mol. The van der Waals surface area contributed by atoms with Gasteiger partial charge >= 0.3 is 0 Å². The van der Waals surface area contributed by atoms with Crippen LogP contribution in [0.1, 0.15) is 0 Å². The van der Waals surface area contributed by atoms with Crippen LogP contribution in [-0.4, -0.2) is 8.97 Å². The highest BCUT2D eigenvalue weighted by atomic mass is 15.0. The van der Waals surface area contributed by atoms with E-state index in [0.29, 0.717) is 0 Å². The summed E-state index contributed by atoms with van der Waals surface area (Å²) >= 11 is 0. The zero-order chi connectivity index (χ0) is 23.4. The second-order valence-corrected chi connectivity index (χ2v) is 9.76. The fourth-order valence-corrected chi connectivity index (χ4v) is 6.62. The third-order valence-corrected chi connectivity index (χ3v) is 8.01.